The van der Waals surface area contributed by atoms with Gasteiger partial charge in [-0.25, -0.2) is 0 Å². The molecule has 0 aliphatic heterocycles. The molecule has 1 aliphatic rings. The van der Waals surface area contributed by atoms with E-state index in [1.165, 1.54) is 11.3 Å². The molecule has 1 amide bonds. The molecule has 0 spiro atoms. The lowest BCUT2D eigenvalue weighted by Gasteiger charge is -2.17. The quantitative estimate of drug-likeness (QED) is 0.883. The highest BCUT2D eigenvalue weighted by Gasteiger charge is 2.32. The monoisotopic (exact) mass is 273 g/mol. The van der Waals surface area contributed by atoms with Gasteiger partial charge in [-0.3, -0.25) is 4.79 Å². The van der Waals surface area contributed by atoms with Crippen molar-refractivity contribution in [1.29, 1.82) is 0 Å². The summed E-state index contributed by atoms with van der Waals surface area (Å²) in [4.78, 5) is 12.9. The first-order chi connectivity index (χ1) is 9.16. The smallest absolute Gasteiger partial charge is 0.262 e. The number of aryl methyl sites for hydroxylation is 1. The molecule has 0 radical (unpaired) electrons. The summed E-state index contributed by atoms with van der Waals surface area (Å²) in [6.07, 6.45) is 0.0616. The van der Waals surface area contributed by atoms with Crippen LogP contribution >= 0.6 is 11.3 Å². The molecule has 0 saturated carbocycles. The highest BCUT2D eigenvalue weighted by atomic mass is 32.1. The highest BCUT2D eigenvalue weighted by molar-refractivity contribution is 7.12. The maximum absolute atomic E-state index is 12.2. The lowest BCUT2D eigenvalue weighted by molar-refractivity contribution is 0.0861. The number of fused-ring (bicyclic) bond motifs is 1. The van der Waals surface area contributed by atoms with Crippen molar-refractivity contribution in [3.05, 3.63) is 57.3 Å². The number of carbonyl (C=O) groups is 1. The molecule has 0 saturated heterocycles. The average molecular weight is 273 g/mol. The van der Waals surface area contributed by atoms with Gasteiger partial charge in [-0.15, -0.1) is 11.3 Å². The number of thiophene rings is 1. The van der Waals surface area contributed by atoms with E-state index in [1.54, 1.807) is 0 Å². The molecule has 2 unspecified atom stereocenters. The Hall–Kier alpha value is -1.65. The number of amides is 1. The van der Waals surface area contributed by atoms with Gasteiger partial charge in [0.25, 0.3) is 5.91 Å². The summed E-state index contributed by atoms with van der Waals surface area (Å²) in [5, 5.41) is 15.0. The molecular formula is C15H15NO2S. The van der Waals surface area contributed by atoms with Crippen LogP contribution < -0.4 is 5.32 Å². The van der Waals surface area contributed by atoms with Crippen LogP contribution in [0.3, 0.4) is 0 Å². The minimum Gasteiger partial charge on any atom is -0.390 e. The van der Waals surface area contributed by atoms with Gasteiger partial charge in [0, 0.05) is 6.42 Å². The second kappa shape index (κ2) is 4.79. The number of benzene rings is 1. The van der Waals surface area contributed by atoms with Crippen LogP contribution in [0.25, 0.3) is 0 Å². The first-order valence-corrected chi connectivity index (χ1v) is 7.15. The Morgan fingerprint density at radius 2 is 2.16 bits per heavy atom. The molecule has 19 heavy (non-hydrogen) atoms. The van der Waals surface area contributed by atoms with Gasteiger partial charge in [0.05, 0.1) is 17.0 Å². The van der Waals surface area contributed by atoms with Crippen LogP contribution in [0.2, 0.25) is 0 Å². The molecule has 2 N–H and O–H groups in total. The number of hydrogen-bond acceptors (Lipinski definition) is 3. The van der Waals surface area contributed by atoms with E-state index in [0.29, 0.717) is 6.42 Å². The van der Waals surface area contributed by atoms with Gasteiger partial charge in [-0.05, 0) is 35.1 Å². The summed E-state index contributed by atoms with van der Waals surface area (Å²) in [6, 6.07) is 9.49. The third-order valence-corrected chi connectivity index (χ3v) is 4.57. The van der Waals surface area contributed by atoms with Gasteiger partial charge in [-0.2, -0.15) is 0 Å². The Kier molecular flexibility index (Phi) is 3.12. The van der Waals surface area contributed by atoms with Crippen LogP contribution in [-0.2, 0) is 6.42 Å². The van der Waals surface area contributed by atoms with Crippen LogP contribution in [0.4, 0.5) is 0 Å². The van der Waals surface area contributed by atoms with Crippen molar-refractivity contribution in [2.45, 2.75) is 25.5 Å². The lowest BCUT2D eigenvalue weighted by atomic mass is 10.1. The summed E-state index contributed by atoms with van der Waals surface area (Å²) >= 11 is 1.43. The molecule has 1 aliphatic carbocycles. The van der Waals surface area contributed by atoms with E-state index >= 15 is 0 Å². The van der Waals surface area contributed by atoms with Crippen molar-refractivity contribution in [2.75, 3.05) is 0 Å². The van der Waals surface area contributed by atoms with Gasteiger partial charge in [0.2, 0.25) is 0 Å². The number of aliphatic hydroxyl groups excluding tert-OH is 1. The summed E-state index contributed by atoms with van der Waals surface area (Å²) in [5.74, 6) is -0.103. The van der Waals surface area contributed by atoms with Crippen LogP contribution in [0, 0.1) is 6.92 Å². The van der Waals surface area contributed by atoms with Crippen LogP contribution in [0.1, 0.15) is 32.4 Å². The molecule has 4 heteroatoms. The van der Waals surface area contributed by atoms with E-state index in [9.17, 15) is 9.90 Å². The topological polar surface area (TPSA) is 49.3 Å². The molecule has 2 aromatic rings. The van der Waals surface area contributed by atoms with Crippen molar-refractivity contribution < 1.29 is 9.90 Å². The molecule has 0 bridgehead atoms. The molecule has 0 fully saturated rings. The Balaban J connectivity index is 1.84. The minimum atomic E-state index is -0.540. The first-order valence-electron chi connectivity index (χ1n) is 6.27. The van der Waals surface area contributed by atoms with E-state index in [4.69, 9.17) is 0 Å². The maximum Gasteiger partial charge on any atom is 0.262 e. The zero-order chi connectivity index (χ0) is 13.4. The van der Waals surface area contributed by atoms with E-state index in [0.717, 1.165) is 21.6 Å². The Morgan fingerprint density at radius 1 is 1.37 bits per heavy atom. The fourth-order valence-corrected chi connectivity index (χ4v) is 3.39. The fraction of sp³-hybridized carbons (Fsp3) is 0.267. The Bertz CT molecular complexity index is 620. The SMILES string of the molecule is Cc1ccsc1C(=O)NC1c2ccccc2CC1O. The molecule has 1 aromatic heterocycles. The number of carbonyl (C=O) groups excluding carboxylic acids is 1. The van der Waals surface area contributed by atoms with Crippen LogP contribution in [0.15, 0.2) is 35.7 Å². The second-order valence-electron chi connectivity index (χ2n) is 4.85. The average Bonchev–Trinajstić information content (AvgIpc) is 2.94. The van der Waals surface area contributed by atoms with Crippen molar-refractivity contribution in [1.82, 2.24) is 5.32 Å². The zero-order valence-electron chi connectivity index (χ0n) is 10.6. The van der Waals surface area contributed by atoms with Crippen molar-refractivity contribution in [3.63, 3.8) is 0 Å². The minimum absolute atomic E-state index is 0.103. The molecule has 98 valence electrons. The summed E-state index contributed by atoms with van der Waals surface area (Å²) in [6.45, 7) is 1.92. The third-order valence-electron chi connectivity index (χ3n) is 3.56. The van der Waals surface area contributed by atoms with Gasteiger partial charge in [-0.1, -0.05) is 24.3 Å². The summed E-state index contributed by atoms with van der Waals surface area (Å²) in [7, 11) is 0. The van der Waals surface area contributed by atoms with E-state index in [2.05, 4.69) is 5.32 Å². The predicted molar refractivity (Wildman–Crippen MR) is 75.4 cm³/mol. The van der Waals surface area contributed by atoms with E-state index in [1.807, 2.05) is 42.6 Å². The van der Waals surface area contributed by atoms with Crippen LogP contribution in [-0.4, -0.2) is 17.1 Å². The van der Waals surface area contributed by atoms with E-state index in [-0.39, 0.29) is 11.9 Å². The van der Waals surface area contributed by atoms with Gasteiger partial charge < -0.3 is 10.4 Å². The first kappa shape index (κ1) is 12.4. The molecule has 3 rings (SSSR count). The van der Waals surface area contributed by atoms with Crippen LogP contribution in [0.5, 0.6) is 0 Å². The summed E-state index contributed by atoms with van der Waals surface area (Å²) in [5.41, 5.74) is 3.11. The third kappa shape index (κ3) is 2.17. The highest BCUT2D eigenvalue weighted by Crippen LogP contribution is 2.31. The number of hydrogen-bond donors (Lipinski definition) is 2. The summed E-state index contributed by atoms with van der Waals surface area (Å²) < 4.78 is 0. The zero-order valence-corrected chi connectivity index (χ0v) is 11.4. The van der Waals surface area contributed by atoms with Gasteiger partial charge >= 0.3 is 0 Å². The van der Waals surface area contributed by atoms with Crippen molar-refractivity contribution in [2.24, 2.45) is 0 Å². The van der Waals surface area contributed by atoms with Crippen molar-refractivity contribution in [3.8, 4) is 0 Å². The number of rotatable bonds is 2. The normalized spacial score (nSPS) is 21.2. The standard InChI is InChI=1S/C15H15NO2S/c1-9-6-7-19-14(9)15(18)16-13-11-5-3-2-4-10(11)8-12(13)17/h2-7,12-13,17H,8H2,1H3,(H,16,18). The molecule has 3 nitrogen and oxygen atoms in total. The largest absolute Gasteiger partial charge is 0.390 e. The molecule has 1 aromatic carbocycles. The van der Waals surface area contributed by atoms with Gasteiger partial charge in [0.1, 0.15) is 0 Å². The van der Waals surface area contributed by atoms with Crippen molar-refractivity contribution >= 4 is 17.2 Å². The molecule has 1 heterocycles. The predicted octanol–water partition coefficient (Wildman–Crippen LogP) is 2.44. The maximum atomic E-state index is 12.2. The van der Waals surface area contributed by atoms with E-state index < -0.39 is 6.10 Å². The Labute approximate surface area is 115 Å². The Morgan fingerprint density at radius 3 is 2.89 bits per heavy atom. The fourth-order valence-electron chi connectivity index (χ4n) is 2.56. The number of nitrogens with one attached hydrogen (secondary N) is 1. The lowest BCUT2D eigenvalue weighted by Crippen LogP contribution is -2.33. The van der Waals surface area contributed by atoms with Gasteiger partial charge in [0.15, 0.2) is 0 Å². The molecular weight excluding hydrogens is 258 g/mol. The number of aliphatic hydroxyl groups is 1. The second-order valence-corrected chi connectivity index (χ2v) is 5.77. The molecule has 2 atom stereocenters.